The number of nitrogens with one attached hydrogen (secondary N) is 1. The molecule has 0 aliphatic heterocycles. The molecule has 0 bridgehead atoms. The standard InChI is InChI=1S/C13H10F2NO2S/c1-9-2-5-11(6-3-9)16-19(17,18)13-7-4-10(14)8-12(13)15/h2-8,16H,1H2. The van der Waals surface area contributed by atoms with Gasteiger partial charge in [0, 0.05) is 11.8 Å². The Labute approximate surface area is 109 Å². The fourth-order valence-electron chi connectivity index (χ4n) is 1.48. The lowest BCUT2D eigenvalue weighted by atomic mass is 10.2. The highest BCUT2D eigenvalue weighted by atomic mass is 32.2. The average molecular weight is 282 g/mol. The summed E-state index contributed by atoms with van der Waals surface area (Å²) in [5, 5.41) is 0. The minimum atomic E-state index is -4.09. The van der Waals surface area contributed by atoms with E-state index in [0.717, 1.165) is 17.7 Å². The molecule has 0 aliphatic rings. The third-order valence-corrected chi connectivity index (χ3v) is 3.80. The molecule has 0 aromatic heterocycles. The van der Waals surface area contributed by atoms with Gasteiger partial charge in [0.05, 0.1) is 0 Å². The van der Waals surface area contributed by atoms with Gasteiger partial charge < -0.3 is 0 Å². The fraction of sp³-hybridized carbons (Fsp3) is 0. The van der Waals surface area contributed by atoms with Crippen molar-refractivity contribution in [2.75, 3.05) is 4.72 Å². The van der Waals surface area contributed by atoms with Crippen LogP contribution in [0.4, 0.5) is 14.5 Å². The van der Waals surface area contributed by atoms with Crippen molar-refractivity contribution in [1.82, 2.24) is 0 Å². The Hall–Kier alpha value is -1.95. The first-order valence-corrected chi connectivity index (χ1v) is 6.77. The smallest absolute Gasteiger partial charge is 0.264 e. The Morgan fingerprint density at radius 2 is 1.63 bits per heavy atom. The monoisotopic (exact) mass is 282 g/mol. The summed E-state index contributed by atoms with van der Waals surface area (Å²) in [6.07, 6.45) is 0. The van der Waals surface area contributed by atoms with E-state index in [4.69, 9.17) is 0 Å². The van der Waals surface area contributed by atoms with E-state index in [1.54, 1.807) is 12.1 Å². The van der Waals surface area contributed by atoms with Crippen molar-refractivity contribution < 1.29 is 17.2 Å². The van der Waals surface area contributed by atoms with Crippen LogP contribution in [0.2, 0.25) is 0 Å². The molecule has 6 heteroatoms. The summed E-state index contributed by atoms with van der Waals surface area (Å²) in [5.74, 6) is -1.97. The van der Waals surface area contributed by atoms with Gasteiger partial charge in [0.15, 0.2) is 0 Å². The van der Waals surface area contributed by atoms with Gasteiger partial charge in [0.2, 0.25) is 0 Å². The molecule has 0 atom stereocenters. The van der Waals surface area contributed by atoms with Gasteiger partial charge in [-0.3, -0.25) is 4.72 Å². The molecule has 19 heavy (non-hydrogen) atoms. The van der Waals surface area contributed by atoms with E-state index < -0.39 is 26.6 Å². The molecule has 0 amide bonds. The van der Waals surface area contributed by atoms with E-state index in [1.165, 1.54) is 12.1 Å². The number of hydrogen-bond acceptors (Lipinski definition) is 2. The Morgan fingerprint density at radius 3 is 2.21 bits per heavy atom. The highest BCUT2D eigenvalue weighted by Gasteiger charge is 2.19. The molecular weight excluding hydrogens is 272 g/mol. The number of anilines is 1. The van der Waals surface area contributed by atoms with Crippen molar-refractivity contribution in [1.29, 1.82) is 0 Å². The molecule has 0 saturated carbocycles. The largest absolute Gasteiger partial charge is 0.280 e. The zero-order valence-corrected chi connectivity index (χ0v) is 10.5. The molecule has 0 unspecified atom stereocenters. The minimum absolute atomic E-state index is 0.274. The summed E-state index contributed by atoms with van der Waals surface area (Å²) < 4.78 is 52.3. The molecule has 0 heterocycles. The second-order valence-electron chi connectivity index (χ2n) is 3.88. The maximum atomic E-state index is 13.4. The van der Waals surface area contributed by atoms with Crippen LogP contribution in [0.1, 0.15) is 5.56 Å². The molecule has 2 rings (SSSR count). The van der Waals surface area contributed by atoms with Gasteiger partial charge >= 0.3 is 0 Å². The second kappa shape index (κ2) is 4.97. The van der Waals surface area contributed by atoms with Gasteiger partial charge in [-0.15, -0.1) is 0 Å². The lowest BCUT2D eigenvalue weighted by Crippen LogP contribution is -2.14. The summed E-state index contributed by atoms with van der Waals surface area (Å²) in [5.41, 5.74) is 0.993. The molecule has 1 radical (unpaired) electrons. The van der Waals surface area contributed by atoms with Crippen LogP contribution in [0.3, 0.4) is 0 Å². The molecular formula is C13H10F2NO2S. The van der Waals surface area contributed by atoms with E-state index in [2.05, 4.69) is 11.6 Å². The summed E-state index contributed by atoms with van der Waals surface area (Å²) >= 11 is 0. The van der Waals surface area contributed by atoms with Gasteiger partial charge in [0.1, 0.15) is 16.5 Å². The summed E-state index contributed by atoms with van der Waals surface area (Å²) in [4.78, 5) is -0.604. The van der Waals surface area contributed by atoms with E-state index in [9.17, 15) is 17.2 Å². The van der Waals surface area contributed by atoms with Crippen LogP contribution in [-0.4, -0.2) is 8.42 Å². The molecule has 3 nitrogen and oxygen atoms in total. The number of hydrogen-bond donors (Lipinski definition) is 1. The van der Waals surface area contributed by atoms with E-state index >= 15 is 0 Å². The third-order valence-electron chi connectivity index (χ3n) is 2.39. The van der Waals surface area contributed by atoms with Crippen LogP contribution in [0.15, 0.2) is 47.4 Å². The zero-order valence-electron chi connectivity index (χ0n) is 9.73. The lowest BCUT2D eigenvalue weighted by molar-refractivity contribution is 0.551. The van der Waals surface area contributed by atoms with E-state index in [1.807, 2.05) is 0 Å². The molecule has 1 N–H and O–H groups in total. The summed E-state index contributed by atoms with van der Waals surface area (Å²) in [7, 11) is -4.09. The first-order chi connectivity index (χ1) is 8.88. The Bertz CT molecular complexity index is 697. The zero-order chi connectivity index (χ0) is 14.0. The third kappa shape index (κ3) is 3.08. The van der Waals surface area contributed by atoms with E-state index in [-0.39, 0.29) is 5.69 Å². The molecule has 99 valence electrons. The molecule has 0 saturated heterocycles. The molecule has 0 spiro atoms. The maximum Gasteiger partial charge on any atom is 0.264 e. The van der Waals surface area contributed by atoms with Crippen LogP contribution in [0.25, 0.3) is 0 Å². The van der Waals surface area contributed by atoms with E-state index in [0.29, 0.717) is 6.07 Å². The maximum absolute atomic E-state index is 13.4. The highest BCUT2D eigenvalue weighted by molar-refractivity contribution is 7.92. The van der Waals surface area contributed by atoms with Crippen LogP contribution in [0, 0.1) is 18.6 Å². The molecule has 2 aromatic rings. The first kappa shape index (κ1) is 13.5. The van der Waals surface area contributed by atoms with Gasteiger partial charge in [-0.05, 0) is 36.8 Å². The normalized spacial score (nSPS) is 11.3. The van der Waals surface area contributed by atoms with Crippen molar-refractivity contribution in [3.05, 3.63) is 66.6 Å². The highest BCUT2D eigenvalue weighted by Crippen LogP contribution is 2.19. The predicted octanol–water partition coefficient (Wildman–Crippen LogP) is 2.95. The summed E-state index contributed by atoms with van der Waals surface area (Å²) in [6.45, 7) is 3.66. The van der Waals surface area contributed by atoms with Crippen LogP contribution in [-0.2, 0) is 10.0 Å². The minimum Gasteiger partial charge on any atom is -0.280 e. The summed E-state index contributed by atoms with van der Waals surface area (Å²) in [6, 6.07) is 8.51. The molecule has 2 aromatic carbocycles. The Morgan fingerprint density at radius 1 is 1.00 bits per heavy atom. The topological polar surface area (TPSA) is 46.2 Å². The van der Waals surface area contributed by atoms with Gasteiger partial charge in [-0.1, -0.05) is 12.1 Å². The second-order valence-corrected chi connectivity index (χ2v) is 5.53. The first-order valence-electron chi connectivity index (χ1n) is 5.28. The van der Waals surface area contributed by atoms with Gasteiger partial charge in [-0.25, -0.2) is 17.2 Å². The van der Waals surface area contributed by atoms with Crippen LogP contribution >= 0.6 is 0 Å². The van der Waals surface area contributed by atoms with Gasteiger partial charge in [0.25, 0.3) is 10.0 Å². The molecule has 0 aliphatic carbocycles. The number of benzene rings is 2. The average Bonchev–Trinajstić information content (AvgIpc) is 2.31. The van der Waals surface area contributed by atoms with Crippen molar-refractivity contribution in [2.24, 2.45) is 0 Å². The number of halogens is 2. The van der Waals surface area contributed by atoms with Gasteiger partial charge in [-0.2, -0.15) is 0 Å². The predicted molar refractivity (Wildman–Crippen MR) is 68.1 cm³/mol. The SMILES string of the molecule is [CH2]c1ccc(NS(=O)(=O)c2ccc(F)cc2F)cc1. The number of sulfonamides is 1. The van der Waals surface area contributed by atoms with Crippen LogP contribution < -0.4 is 4.72 Å². The van der Waals surface area contributed by atoms with Crippen molar-refractivity contribution in [3.8, 4) is 0 Å². The lowest BCUT2D eigenvalue weighted by Gasteiger charge is -2.09. The number of rotatable bonds is 3. The van der Waals surface area contributed by atoms with Crippen molar-refractivity contribution in [3.63, 3.8) is 0 Å². The Kier molecular flexibility index (Phi) is 3.53. The quantitative estimate of drug-likeness (QED) is 0.940. The fourth-order valence-corrected chi connectivity index (χ4v) is 2.60. The van der Waals surface area contributed by atoms with Crippen molar-refractivity contribution in [2.45, 2.75) is 4.90 Å². The Balaban J connectivity index is 2.35. The van der Waals surface area contributed by atoms with Crippen molar-refractivity contribution >= 4 is 15.7 Å². The van der Waals surface area contributed by atoms with Crippen LogP contribution in [0.5, 0.6) is 0 Å². The molecule has 0 fully saturated rings.